The summed E-state index contributed by atoms with van der Waals surface area (Å²) in [5, 5.41) is 22.1. The SMILES string of the molecule is CN(C)CCNCC(=O)N1c2ccccc2Sc2ccccc21.O=C([O-])/C=C\C(=O)[O-]. The fourth-order valence-corrected chi connectivity index (χ4v) is 3.74. The molecule has 0 aromatic heterocycles. The van der Waals surface area contributed by atoms with E-state index in [4.69, 9.17) is 0 Å². The number of amides is 1. The number of carboxylic acids is 2. The minimum absolute atomic E-state index is 0.0731. The van der Waals surface area contributed by atoms with Gasteiger partial charge in [-0.15, -0.1) is 0 Å². The minimum Gasteiger partial charge on any atom is -0.545 e. The molecule has 31 heavy (non-hydrogen) atoms. The van der Waals surface area contributed by atoms with E-state index in [2.05, 4.69) is 22.3 Å². The second-order valence-corrected chi connectivity index (χ2v) is 7.80. The molecule has 0 atom stereocenters. The molecule has 1 N–H and O–H groups in total. The molecular weight excluding hydrogens is 418 g/mol. The van der Waals surface area contributed by atoms with Gasteiger partial charge in [0, 0.05) is 22.9 Å². The summed E-state index contributed by atoms with van der Waals surface area (Å²) in [7, 11) is 4.05. The summed E-state index contributed by atoms with van der Waals surface area (Å²) in [5.74, 6) is -3.02. The third kappa shape index (κ3) is 7.56. The highest BCUT2D eigenvalue weighted by Gasteiger charge is 2.27. The molecule has 1 aliphatic rings. The zero-order valence-electron chi connectivity index (χ0n) is 17.2. The zero-order valence-corrected chi connectivity index (χ0v) is 18.1. The lowest BCUT2D eigenvalue weighted by Gasteiger charge is -2.31. The molecule has 0 saturated carbocycles. The van der Waals surface area contributed by atoms with Crippen molar-refractivity contribution in [2.24, 2.45) is 0 Å². The van der Waals surface area contributed by atoms with E-state index in [1.54, 1.807) is 11.8 Å². The summed E-state index contributed by atoms with van der Waals surface area (Å²) < 4.78 is 0. The predicted molar refractivity (Wildman–Crippen MR) is 115 cm³/mol. The number of para-hydroxylation sites is 2. The van der Waals surface area contributed by atoms with E-state index in [0.717, 1.165) is 34.3 Å². The molecule has 0 spiro atoms. The Hall–Kier alpha value is -3.14. The van der Waals surface area contributed by atoms with E-state index in [1.807, 2.05) is 55.4 Å². The molecule has 8 nitrogen and oxygen atoms in total. The molecular formula is C22H23N3O5S-2. The van der Waals surface area contributed by atoms with Crippen molar-refractivity contribution in [2.45, 2.75) is 9.79 Å². The van der Waals surface area contributed by atoms with Crippen molar-refractivity contribution in [3.8, 4) is 0 Å². The Balaban J connectivity index is 0.000000366. The van der Waals surface area contributed by atoms with Crippen LogP contribution in [0.3, 0.4) is 0 Å². The van der Waals surface area contributed by atoms with Crippen LogP contribution in [0.25, 0.3) is 0 Å². The number of carboxylic acid groups (broad SMARTS) is 2. The molecule has 164 valence electrons. The normalized spacial score (nSPS) is 12.0. The quantitative estimate of drug-likeness (QED) is 0.472. The molecule has 1 aliphatic heterocycles. The molecule has 0 unspecified atom stereocenters. The lowest BCUT2D eigenvalue weighted by molar-refractivity contribution is -0.301. The summed E-state index contributed by atoms with van der Waals surface area (Å²) in [6, 6.07) is 16.1. The average Bonchev–Trinajstić information content (AvgIpc) is 2.73. The molecule has 1 heterocycles. The molecule has 1 amide bonds. The molecule has 0 bridgehead atoms. The molecule has 0 fully saturated rings. The lowest BCUT2D eigenvalue weighted by Crippen LogP contribution is -2.38. The number of carbonyl (C=O) groups is 3. The molecule has 3 rings (SSSR count). The topological polar surface area (TPSA) is 116 Å². The van der Waals surface area contributed by atoms with Crippen molar-refractivity contribution < 1.29 is 24.6 Å². The van der Waals surface area contributed by atoms with E-state index < -0.39 is 11.9 Å². The summed E-state index contributed by atoms with van der Waals surface area (Å²) in [6.45, 7) is 2.04. The summed E-state index contributed by atoms with van der Waals surface area (Å²) in [6.07, 6.45) is 0.769. The second kappa shape index (κ2) is 11.9. The van der Waals surface area contributed by atoms with E-state index >= 15 is 0 Å². The Morgan fingerprint density at radius 1 is 0.935 bits per heavy atom. The number of anilines is 2. The van der Waals surface area contributed by atoms with Gasteiger partial charge in [-0.1, -0.05) is 36.0 Å². The standard InChI is InChI=1S/C18H21N3OS.C4H4O4/c1-20(2)12-11-19-13-18(22)21-14-7-3-5-9-16(14)23-17-10-6-4-8-15(17)21;5-3(6)1-2-4(7)8/h3-10,19H,11-13H2,1-2H3;1-2H,(H,5,6)(H,7,8)/p-2/b;2-1-. The molecule has 0 radical (unpaired) electrons. The molecule has 0 aliphatic carbocycles. The first-order chi connectivity index (χ1) is 14.8. The minimum atomic E-state index is -1.55. The van der Waals surface area contributed by atoms with Crippen LogP contribution in [0.15, 0.2) is 70.5 Å². The number of carbonyl (C=O) groups excluding carboxylic acids is 3. The summed E-state index contributed by atoms with van der Waals surface area (Å²) in [5.41, 5.74) is 1.94. The largest absolute Gasteiger partial charge is 0.545 e. The molecule has 2 aromatic rings. The summed E-state index contributed by atoms with van der Waals surface area (Å²) >= 11 is 1.71. The maximum Gasteiger partial charge on any atom is 0.245 e. The van der Waals surface area contributed by atoms with Crippen LogP contribution in [0.1, 0.15) is 0 Å². The molecule has 9 heteroatoms. The van der Waals surface area contributed by atoms with Crippen molar-refractivity contribution in [1.82, 2.24) is 10.2 Å². The van der Waals surface area contributed by atoms with Gasteiger partial charge in [-0.25, -0.2) is 0 Å². The fourth-order valence-electron chi connectivity index (χ4n) is 2.69. The fraction of sp³-hybridized carbons (Fsp3) is 0.227. The van der Waals surface area contributed by atoms with Gasteiger partial charge in [-0.2, -0.15) is 0 Å². The first kappa shape index (κ1) is 24.1. The molecule has 0 saturated heterocycles. The zero-order chi connectivity index (χ0) is 22.8. The Morgan fingerprint density at radius 3 is 1.87 bits per heavy atom. The van der Waals surface area contributed by atoms with Crippen molar-refractivity contribution in [2.75, 3.05) is 38.6 Å². The van der Waals surface area contributed by atoms with Gasteiger partial charge in [0.05, 0.1) is 29.9 Å². The highest BCUT2D eigenvalue weighted by molar-refractivity contribution is 7.99. The van der Waals surface area contributed by atoms with Gasteiger partial charge in [0.15, 0.2) is 0 Å². The number of benzene rings is 2. The van der Waals surface area contributed by atoms with E-state index in [1.165, 1.54) is 0 Å². The highest BCUT2D eigenvalue weighted by atomic mass is 32.2. The van der Waals surface area contributed by atoms with Gasteiger partial charge >= 0.3 is 0 Å². The van der Waals surface area contributed by atoms with Crippen LogP contribution in [-0.2, 0) is 14.4 Å². The Bertz CT molecular complexity index is 900. The highest BCUT2D eigenvalue weighted by Crippen LogP contribution is 2.47. The van der Waals surface area contributed by atoms with Crippen LogP contribution in [0.4, 0.5) is 11.4 Å². The number of hydrogen-bond donors (Lipinski definition) is 1. The van der Waals surface area contributed by atoms with Crippen LogP contribution in [0.5, 0.6) is 0 Å². The maximum atomic E-state index is 12.8. The Labute approximate surface area is 185 Å². The van der Waals surface area contributed by atoms with Gasteiger partial charge in [-0.05, 0) is 50.5 Å². The number of hydrogen-bond acceptors (Lipinski definition) is 8. The van der Waals surface area contributed by atoms with Crippen LogP contribution in [0, 0.1) is 0 Å². The number of rotatable bonds is 7. The van der Waals surface area contributed by atoms with Crippen molar-refractivity contribution in [3.05, 3.63) is 60.7 Å². The van der Waals surface area contributed by atoms with Crippen LogP contribution in [-0.4, -0.2) is 56.5 Å². The van der Waals surface area contributed by atoms with Crippen LogP contribution >= 0.6 is 11.8 Å². The van der Waals surface area contributed by atoms with E-state index in [9.17, 15) is 24.6 Å². The summed E-state index contributed by atoms with van der Waals surface area (Å²) in [4.78, 5) is 37.8. The Morgan fingerprint density at radius 2 is 1.42 bits per heavy atom. The van der Waals surface area contributed by atoms with Crippen molar-refractivity contribution in [3.63, 3.8) is 0 Å². The predicted octanol–water partition coefficient (Wildman–Crippen LogP) is 0.00950. The smallest absolute Gasteiger partial charge is 0.245 e. The number of fused-ring (bicyclic) bond motifs is 2. The number of likely N-dealkylation sites (N-methyl/N-ethyl adjacent to an activating group) is 1. The van der Waals surface area contributed by atoms with E-state index in [-0.39, 0.29) is 5.91 Å². The third-order valence-corrected chi connectivity index (χ3v) is 5.18. The second-order valence-electron chi connectivity index (χ2n) is 6.72. The van der Waals surface area contributed by atoms with Crippen LogP contribution in [0.2, 0.25) is 0 Å². The van der Waals surface area contributed by atoms with Crippen LogP contribution < -0.4 is 20.4 Å². The van der Waals surface area contributed by atoms with Gasteiger partial charge < -0.3 is 30.0 Å². The first-order valence-corrected chi connectivity index (χ1v) is 10.3. The monoisotopic (exact) mass is 441 g/mol. The van der Waals surface area contributed by atoms with Gasteiger partial charge in [0.25, 0.3) is 0 Å². The number of nitrogens with one attached hydrogen (secondary N) is 1. The number of nitrogens with zero attached hydrogens (tertiary/aromatic N) is 2. The van der Waals surface area contributed by atoms with Crippen molar-refractivity contribution in [1.29, 1.82) is 0 Å². The van der Waals surface area contributed by atoms with Crippen molar-refractivity contribution >= 4 is 41.0 Å². The molecule has 2 aromatic carbocycles. The van der Waals surface area contributed by atoms with E-state index in [0.29, 0.717) is 18.7 Å². The maximum absolute atomic E-state index is 12.8. The average molecular weight is 442 g/mol. The Kier molecular flexibility index (Phi) is 9.26. The lowest BCUT2D eigenvalue weighted by atomic mass is 10.2. The van der Waals surface area contributed by atoms with Gasteiger partial charge in [0.2, 0.25) is 5.91 Å². The third-order valence-electron chi connectivity index (χ3n) is 4.05. The van der Waals surface area contributed by atoms with Gasteiger partial charge in [0.1, 0.15) is 0 Å². The first-order valence-electron chi connectivity index (χ1n) is 9.44. The van der Waals surface area contributed by atoms with Gasteiger partial charge in [-0.3, -0.25) is 9.69 Å². The number of aliphatic carboxylic acids is 2.